The summed E-state index contributed by atoms with van der Waals surface area (Å²) in [4.78, 5) is 24.1. The maximum absolute atomic E-state index is 12.2. The molecule has 0 heterocycles. The van der Waals surface area contributed by atoms with E-state index in [1.54, 1.807) is 31.2 Å². The number of nitrogens with one attached hydrogen (secondary N) is 1. The van der Waals surface area contributed by atoms with Gasteiger partial charge in [0.25, 0.3) is 5.91 Å². The van der Waals surface area contributed by atoms with Gasteiger partial charge in [0.2, 0.25) is 0 Å². The average Bonchev–Trinajstić information content (AvgIpc) is 2.90. The van der Waals surface area contributed by atoms with Gasteiger partial charge in [0, 0.05) is 6.04 Å². The normalized spacial score (nSPS) is 16.2. The van der Waals surface area contributed by atoms with Crippen molar-refractivity contribution >= 4 is 11.9 Å². The van der Waals surface area contributed by atoms with Gasteiger partial charge in [-0.2, -0.15) is 0 Å². The number of hydrogen-bond donors (Lipinski definition) is 1. The molecule has 0 saturated heterocycles. The van der Waals surface area contributed by atoms with Crippen LogP contribution in [0.5, 0.6) is 11.5 Å². The number of carbonyl (C=O) groups is 2. The molecule has 6 nitrogen and oxygen atoms in total. The van der Waals surface area contributed by atoms with Crippen molar-refractivity contribution in [3.05, 3.63) is 24.3 Å². The van der Waals surface area contributed by atoms with Gasteiger partial charge < -0.3 is 19.5 Å². The summed E-state index contributed by atoms with van der Waals surface area (Å²) in [5.74, 6) is 0.473. The zero-order chi connectivity index (χ0) is 18.8. The van der Waals surface area contributed by atoms with Crippen molar-refractivity contribution in [3.63, 3.8) is 0 Å². The maximum Gasteiger partial charge on any atom is 0.344 e. The Bertz CT molecular complexity index is 564. The van der Waals surface area contributed by atoms with Gasteiger partial charge in [-0.1, -0.05) is 25.7 Å². The van der Waals surface area contributed by atoms with E-state index in [-0.39, 0.29) is 18.6 Å². The summed E-state index contributed by atoms with van der Waals surface area (Å²) in [6, 6.07) is 7.17. The van der Waals surface area contributed by atoms with Gasteiger partial charge in [-0.05, 0) is 51.0 Å². The molecule has 0 aromatic heterocycles. The van der Waals surface area contributed by atoms with Crippen LogP contribution in [0.4, 0.5) is 0 Å². The highest BCUT2D eigenvalue weighted by Gasteiger charge is 2.22. The summed E-state index contributed by atoms with van der Waals surface area (Å²) in [6.45, 7) is 3.84. The molecule has 6 heteroatoms. The second-order valence-electron chi connectivity index (χ2n) is 6.52. The number of esters is 1. The van der Waals surface area contributed by atoms with Gasteiger partial charge in [0.1, 0.15) is 11.5 Å². The van der Waals surface area contributed by atoms with Crippen LogP contribution in [0.1, 0.15) is 52.4 Å². The van der Waals surface area contributed by atoms with Gasteiger partial charge >= 0.3 is 5.97 Å². The van der Waals surface area contributed by atoms with E-state index < -0.39 is 12.1 Å². The molecule has 0 bridgehead atoms. The van der Waals surface area contributed by atoms with Gasteiger partial charge in [-0.3, -0.25) is 4.79 Å². The average molecular weight is 363 g/mol. The van der Waals surface area contributed by atoms with E-state index in [0.717, 1.165) is 31.4 Å². The van der Waals surface area contributed by atoms with Gasteiger partial charge in [0.15, 0.2) is 12.7 Å². The van der Waals surface area contributed by atoms with Crippen molar-refractivity contribution in [2.24, 2.45) is 0 Å². The molecule has 1 fully saturated rings. The zero-order valence-corrected chi connectivity index (χ0v) is 15.7. The molecule has 1 aromatic rings. The second kappa shape index (κ2) is 10.7. The predicted octanol–water partition coefficient (Wildman–Crippen LogP) is 3.23. The minimum absolute atomic E-state index is 0.186. The molecule has 1 aliphatic rings. The number of rotatable bonds is 8. The van der Waals surface area contributed by atoms with Crippen molar-refractivity contribution in [3.8, 4) is 11.5 Å². The van der Waals surface area contributed by atoms with Crippen molar-refractivity contribution in [2.75, 3.05) is 13.2 Å². The highest BCUT2D eigenvalue weighted by molar-refractivity contribution is 5.83. The summed E-state index contributed by atoms with van der Waals surface area (Å²) >= 11 is 0. The molecule has 1 atom stereocenters. The number of benzene rings is 1. The first kappa shape index (κ1) is 20.1. The van der Waals surface area contributed by atoms with Crippen LogP contribution in [0.15, 0.2) is 24.3 Å². The lowest BCUT2D eigenvalue weighted by Crippen LogP contribution is -2.42. The largest absolute Gasteiger partial charge is 0.494 e. The third kappa shape index (κ3) is 6.94. The van der Waals surface area contributed by atoms with E-state index in [9.17, 15) is 9.59 Å². The smallest absolute Gasteiger partial charge is 0.344 e. The van der Waals surface area contributed by atoms with Gasteiger partial charge in [-0.15, -0.1) is 0 Å². The molecule has 0 unspecified atom stereocenters. The first-order chi connectivity index (χ1) is 12.6. The maximum atomic E-state index is 12.2. The summed E-state index contributed by atoms with van der Waals surface area (Å²) < 4.78 is 15.9. The Morgan fingerprint density at radius 3 is 2.19 bits per heavy atom. The van der Waals surface area contributed by atoms with E-state index in [1.807, 2.05) is 6.92 Å². The van der Waals surface area contributed by atoms with E-state index in [4.69, 9.17) is 14.2 Å². The van der Waals surface area contributed by atoms with E-state index in [0.29, 0.717) is 12.4 Å². The van der Waals surface area contributed by atoms with Crippen LogP contribution in [-0.2, 0) is 14.3 Å². The van der Waals surface area contributed by atoms with Crippen molar-refractivity contribution in [1.29, 1.82) is 0 Å². The fourth-order valence-electron chi connectivity index (χ4n) is 2.97. The van der Waals surface area contributed by atoms with Crippen molar-refractivity contribution < 1.29 is 23.8 Å². The molecule has 1 aromatic carbocycles. The molecular weight excluding hydrogens is 334 g/mol. The minimum Gasteiger partial charge on any atom is -0.494 e. The molecule has 2 rings (SSSR count). The summed E-state index contributed by atoms with van der Waals surface area (Å²) in [7, 11) is 0. The van der Waals surface area contributed by atoms with Gasteiger partial charge in [0.05, 0.1) is 6.61 Å². The number of ether oxygens (including phenoxy) is 3. The number of amides is 1. The monoisotopic (exact) mass is 363 g/mol. The SMILES string of the molecule is CCOc1ccc(OCC(=O)O[C@@H](C)C(=O)NC2CCCCCC2)cc1. The second-order valence-corrected chi connectivity index (χ2v) is 6.52. The predicted molar refractivity (Wildman–Crippen MR) is 98.3 cm³/mol. The molecule has 1 amide bonds. The highest BCUT2D eigenvalue weighted by Crippen LogP contribution is 2.18. The van der Waals surface area contributed by atoms with Gasteiger partial charge in [-0.25, -0.2) is 4.79 Å². The number of carbonyl (C=O) groups excluding carboxylic acids is 2. The summed E-state index contributed by atoms with van der Waals surface area (Å²) in [5, 5.41) is 2.99. The Labute approximate surface area is 155 Å². The fourth-order valence-corrected chi connectivity index (χ4v) is 2.97. The van der Waals surface area contributed by atoms with E-state index in [2.05, 4.69) is 5.32 Å². The van der Waals surface area contributed by atoms with Crippen molar-refractivity contribution in [1.82, 2.24) is 5.32 Å². The molecule has 1 aliphatic carbocycles. The zero-order valence-electron chi connectivity index (χ0n) is 15.7. The van der Waals surface area contributed by atoms with Crippen LogP contribution in [0, 0.1) is 0 Å². The van der Waals surface area contributed by atoms with Crippen molar-refractivity contribution in [2.45, 2.75) is 64.5 Å². The Balaban J connectivity index is 1.71. The molecule has 1 N–H and O–H groups in total. The van der Waals surface area contributed by atoms with Crippen LogP contribution < -0.4 is 14.8 Å². The summed E-state index contributed by atoms with van der Waals surface area (Å²) in [5.41, 5.74) is 0. The lowest BCUT2D eigenvalue weighted by Gasteiger charge is -2.19. The third-order valence-corrected chi connectivity index (χ3v) is 4.37. The fraction of sp³-hybridized carbons (Fsp3) is 0.600. The standard InChI is InChI=1S/C20H29NO5/c1-3-24-17-10-12-18(13-11-17)25-14-19(22)26-15(2)20(23)21-16-8-6-4-5-7-9-16/h10-13,15-16H,3-9,14H2,1-2H3,(H,21,23)/t15-/m0/s1. The molecule has 0 spiro atoms. The van der Waals surface area contributed by atoms with Crippen LogP contribution in [0.3, 0.4) is 0 Å². The Morgan fingerprint density at radius 1 is 1.04 bits per heavy atom. The van der Waals surface area contributed by atoms with Crippen LogP contribution in [0.25, 0.3) is 0 Å². The minimum atomic E-state index is -0.824. The van der Waals surface area contributed by atoms with Crippen LogP contribution in [-0.4, -0.2) is 37.2 Å². The Hall–Kier alpha value is -2.24. The molecule has 26 heavy (non-hydrogen) atoms. The first-order valence-electron chi connectivity index (χ1n) is 9.44. The molecule has 144 valence electrons. The molecule has 0 aliphatic heterocycles. The molecular formula is C20H29NO5. The van der Waals surface area contributed by atoms with Crippen LogP contribution in [0.2, 0.25) is 0 Å². The quantitative estimate of drug-likeness (QED) is 0.567. The lowest BCUT2D eigenvalue weighted by atomic mass is 10.1. The first-order valence-corrected chi connectivity index (χ1v) is 9.44. The number of hydrogen-bond acceptors (Lipinski definition) is 5. The lowest BCUT2D eigenvalue weighted by molar-refractivity contribution is -0.156. The topological polar surface area (TPSA) is 73.9 Å². The summed E-state index contributed by atoms with van der Waals surface area (Å²) in [6.07, 6.45) is 5.87. The Morgan fingerprint density at radius 2 is 1.62 bits per heavy atom. The van der Waals surface area contributed by atoms with E-state index >= 15 is 0 Å². The highest BCUT2D eigenvalue weighted by atomic mass is 16.6. The molecule has 0 radical (unpaired) electrons. The molecule has 1 saturated carbocycles. The third-order valence-electron chi connectivity index (χ3n) is 4.37. The van der Waals surface area contributed by atoms with E-state index in [1.165, 1.54) is 12.8 Å². The Kier molecular flexibility index (Phi) is 8.25. The van der Waals surface area contributed by atoms with Crippen LogP contribution >= 0.6 is 0 Å².